The molecule has 32 valence electrons. The number of rotatable bonds is 0. The molecule has 0 heterocycles. The molecule has 5 heteroatoms. The van der Waals surface area contributed by atoms with Gasteiger partial charge in [0.05, 0.1) is 0 Å². The quantitative estimate of drug-likeness (QED) is 0.266. The first-order chi connectivity index (χ1) is 1.41. The van der Waals surface area contributed by atoms with Crippen molar-refractivity contribution in [3.05, 3.63) is 0 Å². The first-order valence-electron chi connectivity index (χ1n) is 0.494. The second-order valence-electron chi connectivity index (χ2n) is 0.105. The molecule has 0 atom stereocenters. The molecule has 0 fully saturated rings. The zero-order chi connectivity index (χ0) is 2.71. The summed E-state index contributed by atoms with van der Waals surface area (Å²) in [5.74, 6) is 0. The molecule has 1 nitrogen and oxygen atoms in total. The minimum atomic E-state index is -0.450. The predicted molar refractivity (Wildman–Crippen MR) is 33.5 cm³/mol. The fraction of sp³-hybridized carbons (Fsp3) is 0. The molecule has 0 aliphatic heterocycles. The zero-order valence-corrected chi connectivity index (χ0v) is 17.5. The molecule has 0 unspecified atom stereocenters. The molecule has 0 aromatic rings. The van der Waals surface area contributed by atoms with Gasteiger partial charge in [0.15, 0.2) is 0 Å². The Morgan fingerprint density at radius 2 is 1.60 bits per heavy atom. The van der Waals surface area contributed by atoms with Crippen LogP contribution in [-0.4, -0.2) is 82.0 Å². The van der Waals surface area contributed by atoms with E-state index in [1.807, 2.05) is 0 Å². The third kappa shape index (κ3) is 20.6. The first kappa shape index (κ1) is 15.6. The van der Waals surface area contributed by atoms with Gasteiger partial charge in [-0.15, -0.1) is 0 Å². The molecule has 0 amide bonds. The van der Waals surface area contributed by atoms with Gasteiger partial charge < -0.3 is 0 Å². The van der Waals surface area contributed by atoms with Gasteiger partial charge in [-0.3, -0.25) is 0 Å². The summed E-state index contributed by atoms with van der Waals surface area (Å²) in [4.78, 5) is 0. The average Bonchev–Trinajstić information content (AvgIpc) is 0.918. The zero-order valence-electron chi connectivity index (χ0n) is 2.85. The summed E-state index contributed by atoms with van der Waals surface area (Å²) in [7, 11) is 0. The van der Waals surface area contributed by atoms with Crippen molar-refractivity contribution >= 4 is 82.0 Å². The van der Waals surface area contributed by atoms with Crippen LogP contribution in [0.15, 0.2) is 0 Å². The van der Waals surface area contributed by atoms with E-state index in [-0.39, 0.29) is 53.5 Å². The van der Waals surface area contributed by atoms with E-state index >= 15 is 0 Å². The summed E-state index contributed by atoms with van der Waals surface area (Å²) in [6.45, 7) is -0.450. The van der Waals surface area contributed by atoms with Crippen LogP contribution in [0.4, 0.5) is 0 Å². The van der Waals surface area contributed by atoms with E-state index < -0.39 is 6.95 Å². The monoisotopic (exact) mass is 598 g/mol. The molecule has 2 radical (unpaired) electrons. The molecule has 0 aromatic carbocycles. The van der Waals surface area contributed by atoms with E-state index in [1.165, 1.54) is 21.5 Å². The van der Waals surface area contributed by atoms with Crippen LogP contribution in [-0.2, 0) is 4.46 Å². The number of hydrogen-bond donors (Lipinski definition) is 0. The van der Waals surface area contributed by atoms with Gasteiger partial charge in [-0.25, -0.2) is 0 Å². The van der Waals surface area contributed by atoms with Crippen molar-refractivity contribution in [2.45, 2.75) is 0 Å². The Kier molecular flexibility index (Phi) is 49.9. The van der Waals surface area contributed by atoms with Gasteiger partial charge in [-0.05, 0) is 0 Å². The van der Waals surface area contributed by atoms with E-state index in [4.69, 9.17) is 4.46 Å². The fourth-order valence-corrected chi connectivity index (χ4v) is 0. The molecular formula is H7BiOPbSiTe. The van der Waals surface area contributed by atoms with Gasteiger partial charge in [0.2, 0.25) is 0 Å². The summed E-state index contributed by atoms with van der Waals surface area (Å²) in [6, 6.07) is 0. The van der Waals surface area contributed by atoms with Crippen molar-refractivity contribution in [3.63, 3.8) is 0 Å². The van der Waals surface area contributed by atoms with Crippen LogP contribution in [0.3, 0.4) is 0 Å². The average molecular weight is 595 g/mol. The standard InChI is InChI=1S/Bi.H2OSiTe.Pb.5H/c;1-2-3;;;;;;/h;2-3H;;;;;;. The third-order valence-corrected chi connectivity index (χ3v) is 0. The van der Waals surface area contributed by atoms with Crippen LogP contribution in [0.25, 0.3) is 0 Å². The molecule has 0 spiro atoms. The van der Waals surface area contributed by atoms with Gasteiger partial charge in [0.25, 0.3) is 0 Å². The first-order valence-corrected chi connectivity index (χ1v) is 5.90. The Balaban J connectivity index is -0.0000000200. The van der Waals surface area contributed by atoms with Crippen molar-refractivity contribution in [1.29, 1.82) is 0 Å². The maximum absolute atomic E-state index is 9.04. The topological polar surface area (TPSA) is 17.1 Å². The summed E-state index contributed by atoms with van der Waals surface area (Å²) < 4.78 is 9.04. The Bertz CT molecular complexity index is 19.1. The Morgan fingerprint density at radius 3 is 1.60 bits per heavy atom. The summed E-state index contributed by atoms with van der Waals surface area (Å²) in [5, 5.41) is 0. The van der Waals surface area contributed by atoms with Gasteiger partial charge in [0.1, 0.15) is 0 Å². The Hall–Kier alpha value is 2.61. The van der Waals surface area contributed by atoms with Crippen molar-refractivity contribution in [1.82, 2.24) is 0 Å². The van der Waals surface area contributed by atoms with Crippen LogP contribution < -0.4 is 0 Å². The van der Waals surface area contributed by atoms with Crippen LogP contribution in [0.2, 0.25) is 0 Å². The van der Waals surface area contributed by atoms with E-state index in [1.54, 1.807) is 0 Å². The van der Waals surface area contributed by atoms with Crippen molar-refractivity contribution in [3.8, 4) is 0 Å². The Labute approximate surface area is 84.8 Å². The molecular weight excluding hydrogens is 588 g/mol. The third-order valence-electron chi connectivity index (χ3n) is 0. The van der Waals surface area contributed by atoms with Gasteiger partial charge in [-0.1, -0.05) is 0 Å². The van der Waals surface area contributed by atoms with Crippen molar-refractivity contribution in [2.75, 3.05) is 0 Å². The van der Waals surface area contributed by atoms with E-state index in [2.05, 4.69) is 0 Å². The van der Waals surface area contributed by atoms with Gasteiger partial charge in [-0.2, -0.15) is 0 Å². The summed E-state index contributed by atoms with van der Waals surface area (Å²) in [5.41, 5.74) is 0. The Morgan fingerprint density at radius 1 is 1.60 bits per heavy atom. The SMILES string of the molecule is O=[SiH][TeH].[BiH3].[PbH2]. The molecule has 0 aromatic heterocycles. The molecule has 0 aliphatic carbocycles. The molecule has 0 rings (SSSR count). The fourth-order valence-electron chi connectivity index (χ4n) is 0. The van der Waals surface area contributed by atoms with Crippen molar-refractivity contribution < 1.29 is 4.46 Å². The normalized spacial score (nSPS) is 2.60. The van der Waals surface area contributed by atoms with Crippen LogP contribution in [0, 0.1) is 0 Å². The molecule has 5 heavy (non-hydrogen) atoms. The van der Waals surface area contributed by atoms with Crippen LogP contribution in [0.5, 0.6) is 0 Å². The maximum atomic E-state index is 9.04. The number of hydrogen-bond acceptors (Lipinski definition) is 1. The van der Waals surface area contributed by atoms with E-state index in [0.29, 0.717) is 0 Å². The predicted octanol–water partition coefficient (Wildman–Crippen LogP) is -3.52. The second-order valence-corrected chi connectivity index (χ2v) is 2.12. The van der Waals surface area contributed by atoms with Crippen LogP contribution in [0.1, 0.15) is 0 Å². The van der Waals surface area contributed by atoms with Gasteiger partial charge in [0, 0.05) is 0 Å². The minimum absolute atomic E-state index is 0. The molecule has 0 aliphatic rings. The molecule has 0 saturated carbocycles. The van der Waals surface area contributed by atoms with E-state index in [0.717, 1.165) is 0 Å². The van der Waals surface area contributed by atoms with Crippen molar-refractivity contribution in [2.24, 2.45) is 0 Å². The molecule has 0 bridgehead atoms. The summed E-state index contributed by atoms with van der Waals surface area (Å²) in [6.07, 6.45) is 0. The van der Waals surface area contributed by atoms with Crippen LogP contribution >= 0.6 is 0 Å². The van der Waals surface area contributed by atoms with Gasteiger partial charge >= 0.3 is 86.4 Å². The molecule has 0 N–H and O–H groups in total. The molecule has 0 saturated heterocycles. The second kappa shape index (κ2) is 16.0. The summed E-state index contributed by atoms with van der Waals surface area (Å²) >= 11 is 1.38. The van der Waals surface area contributed by atoms with E-state index in [9.17, 15) is 0 Å².